The Bertz CT molecular complexity index is 696. The van der Waals surface area contributed by atoms with Gasteiger partial charge in [-0.05, 0) is 51.2 Å². The summed E-state index contributed by atoms with van der Waals surface area (Å²) in [5.41, 5.74) is 0.946. The number of carbonyl (C=O) groups is 2. The zero-order valence-electron chi connectivity index (χ0n) is 15.9. The third-order valence-electron chi connectivity index (χ3n) is 4.60. The minimum absolute atomic E-state index is 0.234. The molecule has 2 rings (SSSR count). The summed E-state index contributed by atoms with van der Waals surface area (Å²) in [5, 5.41) is 11.7. The summed E-state index contributed by atoms with van der Waals surface area (Å²) in [6.45, 7) is 5.85. The number of aliphatic imine (C=N–C) groups is 1. The number of nitrogens with one attached hydrogen (secondary N) is 1. The lowest BCUT2D eigenvalue weighted by atomic mass is 9.98. The van der Waals surface area contributed by atoms with Gasteiger partial charge in [0.25, 0.3) is 0 Å². The van der Waals surface area contributed by atoms with Crippen LogP contribution in [0.3, 0.4) is 0 Å². The summed E-state index contributed by atoms with van der Waals surface area (Å²) in [6, 6.07) is 0. The van der Waals surface area contributed by atoms with Gasteiger partial charge in [0, 0.05) is 13.1 Å². The number of rotatable bonds is 8. The Morgan fingerprint density at radius 3 is 2.78 bits per heavy atom. The van der Waals surface area contributed by atoms with Crippen molar-refractivity contribution in [1.29, 1.82) is 0 Å². The molecule has 27 heavy (non-hydrogen) atoms. The minimum Gasteiger partial charge on any atom is -0.498 e. The van der Waals surface area contributed by atoms with Crippen LogP contribution >= 0.6 is 0 Å². The fourth-order valence-electron chi connectivity index (χ4n) is 3.01. The molecule has 1 amide bonds. The maximum atomic E-state index is 11.0. The van der Waals surface area contributed by atoms with Crippen molar-refractivity contribution < 1.29 is 19.4 Å². The molecule has 0 radical (unpaired) electrons. The van der Waals surface area contributed by atoms with Crippen molar-refractivity contribution in [1.82, 2.24) is 10.2 Å². The number of carboxylic acid groups (broad SMARTS) is 1. The molecule has 1 fully saturated rings. The number of carboxylic acids is 1. The van der Waals surface area contributed by atoms with E-state index >= 15 is 0 Å². The van der Waals surface area contributed by atoms with E-state index in [0.29, 0.717) is 30.4 Å². The van der Waals surface area contributed by atoms with Gasteiger partial charge in [0.2, 0.25) is 6.41 Å². The van der Waals surface area contributed by atoms with Gasteiger partial charge in [-0.3, -0.25) is 4.79 Å². The van der Waals surface area contributed by atoms with Crippen LogP contribution in [0.2, 0.25) is 0 Å². The zero-order valence-corrected chi connectivity index (χ0v) is 15.9. The van der Waals surface area contributed by atoms with Crippen molar-refractivity contribution in [2.45, 2.75) is 33.1 Å². The number of likely N-dealkylation sites (tertiary alicyclic amines) is 1. The molecule has 7 nitrogen and oxygen atoms in total. The summed E-state index contributed by atoms with van der Waals surface area (Å²) in [7, 11) is 0. The average molecular weight is 373 g/mol. The van der Waals surface area contributed by atoms with Gasteiger partial charge in [-0.25, -0.2) is 9.79 Å². The van der Waals surface area contributed by atoms with Crippen molar-refractivity contribution in [2.75, 3.05) is 19.7 Å². The molecule has 0 aliphatic carbocycles. The molecule has 2 N–H and O–H groups in total. The molecular weight excluding hydrogens is 346 g/mol. The number of amides is 1. The minimum atomic E-state index is -0.952. The van der Waals surface area contributed by atoms with Gasteiger partial charge in [-0.1, -0.05) is 12.2 Å². The first-order valence-electron chi connectivity index (χ1n) is 9.13. The predicted octanol–water partition coefficient (Wildman–Crippen LogP) is 2.60. The molecule has 0 saturated carbocycles. The number of carbonyl (C=O) groups excluding carboxylic acids is 1. The second kappa shape index (κ2) is 10.4. The highest BCUT2D eigenvalue weighted by molar-refractivity contribution is 5.89. The van der Waals surface area contributed by atoms with E-state index in [1.807, 2.05) is 6.08 Å². The molecule has 0 unspecified atom stereocenters. The second-order valence-corrected chi connectivity index (χ2v) is 6.52. The predicted molar refractivity (Wildman–Crippen MR) is 104 cm³/mol. The van der Waals surface area contributed by atoms with Crippen molar-refractivity contribution in [3.05, 3.63) is 47.2 Å². The third kappa shape index (κ3) is 6.44. The highest BCUT2D eigenvalue weighted by Gasteiger charge is 2.21. The lowest BCUT2D eigenvalue weighted by molar-refractivity contribution is -0.132. The molecule has 0 aromatic carbocycles. The molecule has 0 spiro atoms. The molecular formula is C20H27N3O4. The first-order valence-corrected chi connectivity index (χ1v) is 9.13. The van der Waals surface area contributed by atoms with Gasteiger partial charge in [0.05, 0.1) is 29.9 Å². The highest BCUT2D eigenvalue weighted by atomic mass is 16.5. The van der Waals surface area contributed by atoms with Crippen LogP contribution in [0.4, 0.5) is 0 Å². The van der Waals surface area contributed by atoms with Crippen LogP contribution in [-0.4, -0.2) is 48.3 Å². The summed E-state index contributed by atoms with van der Waals surface area (Å²) in [5.74, 6) is 1.03. The molecule has 146 valence electrons. The fourth-order valence-corrected chi connectivity index (χ4v) is 3.01. The fraction of sp³-hybridized carbons (Fsp3) is 0.450. The summed E-state index contributed by atoms with van der Waals surface area (Å²) in [4.78, 5) is 28.3. The molecule has 0 aromatic heterocycles. The van der Waals surface area contributed by atoms with E-state index in [2.05, 4.69) is 21.3 Å². The number of nitrogens with zero attached hydrogens (tertiary/aromatic N) is 2. The van der Waals surface area contributed by atoms with Crippen LogP contribution in [0.1, 0.15) is 33.1 Å². The molecule has 7 heteroatoms. The van der Waals surface area contributed by atoms with Crippen molar-refractivity contribution >= 4 is 18.6 Å². The lowest BCUT2D eigenvalue weighted by Crippen LogP contribution is -2.34. The van der Waals surface area contributed by atoms with Crippen molar-refractivity contribution in [3.8, 4) is 0 Å². The topological polar surface area (TPSA) is 91.2 Å². The van der Waals surface area contributed by atoms with Crippen molar-refractivity contribution in [2.24, 2.45) is 10.9 Å². The molecule has 1 saturated heterocycles. The highest BCUT2D eigenvalue weighted by Crippen LogP contribution is 2.23. The molecule has 0 bridgehead atoms. The Morgan fingerprint density at radius 2 is 2.15 bits per heavy atom. The van der Waals surface area contributed by atoms with E-state index < -0.39 is 5.97 Å². The van der Waals surface area contributed by atoms with Crippen molar-refractivity contribution in [3.63, 3.8) is 0 Å². The Morgan fingerprint density at radius 1 is 1.41 bits per heavy atom. The smallest absolute Gasteiger partial charge is 0.335 e. The number of ether oxygens (including phenoxy) is 1. The van der Waals surface area contributed by atoms with Gasteiger partial charge in [-0.15, -0.1) is 0 Å². The molecule has 2 heterocycles. The normalized spacial score (nSPS) is 19.1. The van der Waals surface area contributed by atoms with E-state index in [1.54, 1.807) is 32.2 Å². The Balaban J connectivity index is 1.80. The summed E-state index contributed by atoms with van der Waals surface area (Å²) >= 11 is 0. The van der Waals surface area contributed by atoms with Crippen LogP contribution in [0, 0.1) is 5.92 Å². The largest absolute Gasteiger partial charge is 0.498 e. The van der Waals surface area contributed by atoms with Crippen LogP contribution < -0.4 is 5.32 Å². The first-order chi connectivity index (χ1) is 13.0. The van der Waals surface area contributed by atoms with Crippen LogP contribution in [0.25, 0.3) is 0 Å². The first kappa shape index (κ1) is 20.5. The summed E-state index contributed by atoms with van der Waals surface area (Å²) < 4.78 is 5.75. The summed E-state index contributed by atoms with van der Waals surface area (Å²) in [6.07, 6.45) is 12.1. The monoisotopic (exact) mass is 373 g/mol. The molecule has 0 atom stereocenters. The zero-order chi connectivity index (χ0) is 19.6. The third-order valence-corrected chi connectivity index (χ3v) is 4.60. The quantitative estimate of drug-likeness (QED) is 0.295. The second-order valence-electron chi connectivity index (χ2n) is 6.52. The number of allylic oxidation sites excluding steroid dienone is 5. The standard InChI is InChI=1S/C20H27N3O4/c1-3-17(20(25)26)11-15(2)27-13-16-7-9-23(10-8-16)19-6-4-5-18(12-21-19)22-14-24/h3,5-6,11-12,14,16H,4,7-10,13H2,1-2H3,(H,22,24)(H,25,26)/b15-11+,17-3+. The van der Waals surface area contributed by atoms with E-state index in [-0.39, 0.29) is 5.57 Å². The maximum Gasteiger partial charge on any atom is 0.335 e. The lowest BCUT2D eigenvalue weighted by Gasteiger charge is -2.33. The van der Waals surface area contributed by atoms with E-state index in [1.165, 1.54) is 0 Å². The van der Waals surface area contributed by atoms with Gasteiger partial charge in [0.15, 0.2) is 0 Å². The van der Waals surface area contributed by atoms with E-state index in [4.69, 9.17) is 9.84 Å². The van der Waals surface area contributed by atoms with E-state index in [0.717, 1.165) is 38.2 Å². The number of aliphatic carboxylic acids is 1. The van der Waals surface area contributed by atoms with Crippen LogP contribution in [-0.2, 0) is 14.3 Å². The van der Waals surface area contributed by atoms with Crippen LogP contribution in [0.5, 0.6) is 0 Å². The Kier molecular flexibility index (Phi) is 7.85. The SMILES string of the molecule is C/C=C(\C=C(/C)OCC1CCN(C2=CCC=C(NC=O)C=N2)CC1)C(=O)O. The number of piperidine rings is 1. The maximum absolute atomic E-state index is 11.0. The molecule has 0 aromatic rings. The van der Waals surface area contributed by atoms with E-state index in [9.17, 15) is 9.59 Å². The Hall–Kier alpha value is -2.83. The van der Waals surface area contributed by atoms with Gasteiger partial charge in [0.1, 0.15) is 5.82 Å². The van der Waals surface area contributed by atoms with Crippen LogP contribution in [0.15, 0.2) is 52.1 Å². The Labute approximate surface area is 159 Å². The molecule has 2 aliphatic rings. The number of hydrogen-bond donors (Lipinski definition) is 2. The molecule has 2 aliphatic heterocycles. The van der Waals surface area contributed by atoms with Gasteiger partial charge in [-0.2, -0.15) is 0 Å². The number of hydrogen-bond acceptors (Lipinski definition) is 5. The van der Waals surface area contributed by atoms with Gasteiger partial charge < -0.3 is 20.1 Å². The van der Waals surface area contributed by atoms with Gasteiger partial charge >= 0.3 is 5.97 Å². The average Bonchev–Trinajstić information content (AvgIpc) is 2.90.